The van der Waals surface area contributed by atoms with E-state index >= 15 is 0 Å². The van der Waals surface area contributed by atoms with Crippen LogP contribution in [-0.4, -0.2) is 72.2 Å². The fourth-order valence-electron chi connectivity index (χ4n) is 4.47. The fraction of sp³-hybridized carbons (Fsp3) is 0.833. The van der Waals surface area contributed by atoms with E-state index in [1.807, 2.05) is 9.80 Å². The molecule has 134 valence electrons. The highest BCUT2D eigenvalue weighted by molar-refractivity contribution is 5.90. The van der Waals surface area contributed by atoms with Crippen molar-refractivity contribution >= 4 is 17.7 Å². The van der Waals surface area contributed by atoms with E-state index in [0.29, 0.717) is 32.1 Å². The van der Waals surface area contributed by atoms with E-state index in [9.17, 15) is 14.4 Å². The van der Waals surface area contributed by atoms with Crippen LogP contribution >= 0.6 is 0 Å². The Morgan fingerprint density at radius 1 is 1.00 bits per heavy atom. The van der Waals surface area contributed by atoms with Crippen LogP contribution in [0.15, 0.2) is 0 Å². The Morgan fingerprint density at radius 3 is 2.38 bits per heavy atom. The molecule has 2 unspecified atom stereocenters. The molecule has 0 aromatic carbocycles. The number of nitrogens with zero attached hydrogens (tertiary/aromatic N) is 3. The number of hydrogen-bond donors (Lipinski definition) is 0. The highest BCUT2D eigenvalue weighted by Gasteiger charge is 2.41. The van der Waals surface area contributed by atoms with Gasteiger partial charge in [0.2, 0.25) is 17.7 Å². The third-order valence-corrected chi connectivity index (χ3v) is 5.80. The van der Waals surface area contributed by atoms with Gasteiger partial charge in [0, 0.05) is 46.2 Å². The number of likely N-dealkylation sites (tertiary alicyclic amines) is 2. The number of carbonyl (C=O) groups is 3. The summed E-state index contributed by atoms with van der Waals surface area (Å²) in [6, 6.07) is 0.347. The summed E-state index contributed by atoms with van der Waals surface area (Å²) >= 11 is 0. The van der Waals surface area contributed by atoms with Gasteiger partial charge in [-0.15, -0.1) is 0 Å². The molecular formula is C18H29N3O3. The molecule has 0 aromatic rings. The lowest BCUT2D eigenvalue weighted by atomic mass is 9.95. The molecule has 0 aromatic heterocycles. The molecule has 0 spiro atoms. The van der Waals surface area contributed by atoms with E-state index in [2.05, 4.69) is 0 Å². The molecule has 24 heavy (non-hydrogen) atoms. The van der Waals surface area contributed by atoms with Crippen LogP contribution in [0.1, 0.15) is 44.9 Å². The normalized spacial score (nSPS) is 28.5. The Labute approximate surface area is 144 Å². The van der Waals surface area contributed by atoms with Crippen LogP contribution in [0.3, 0.4) is 0 Å². The largest absolute Gasteiger partial charge is 0.349 e. The van der Waals surface area contributed by atoms with Gasteiger partial charge in [0.15, 0.2) is 0 Å². The van der Waals surface area contributed by atoms with Crippen LogP contribution in [0.25, 0.3) is 0 Å². The van der Waals surface area contributed by atoms with Crippen LogP contribution in [0.4, 0.5) is 0 Å². The Bertz CT molecular complexity index is 514. The van der Waals surface area contributed by atoms with Gasteiger partial charge in [-0.1, -0.05) is 12.8 Å². The van der Waals surface area contributed by atoms with E-state index in [4.69, 9.17) is 0 Å². The topological polar surface area (TPSA) is 60.9 Å². The van der Waals surface area contributed by atoms with Gasteiger partial charge in [-0.25, -0.2) is 0 Å². The van der Waals surface area contributed by atoms with Crippen molar-refractivity contribution in [3.63, 3.8) is 0 Å². The monoisotopic (exact) mass is 335 g/mol. The molecule has 6 heteroatoms. The summed E-state index contributed by atoms with van der Waals surface area (Å²) in [6.45, 7) is 1.79. The van der Waals surface area contributed by atoms with Crippen molar-refractivity contribution in [1.82, 2.24) is 14.7 Å². The summed E-state index contributed by atoms with van der Waals surface area (Å²) < 4.78 is 0. The van der Waals surface area contributed by atoms with E-state index < -0.39 is 0 Å². The van der Waals surface area contributed by atoms with Crippen LogP contribution in [0.5, 0.6) is 0 Å². The molecule has 2 atom stereocenters. The lowest BCUT2D eigenvalue weighted by Crippen LogP contribution is -2.47. The summed E-state index contributed by atoms with van der Waals surface area (Å²) in [7, 11) is 3.52. The molecule has 0 radical (unpaired) electrons. The molecule has 1 saturated carbocycles. The summed E-state index contributed by atoms with van der Waals surface area (Å²) in [5.41, 5.74) is 0. The minimum atomic E-state index is -0.216. The zero-order chi connectivity index (χ0) is 17.3. The molecule has 3 fully saturated rings. The van der Waals surface area contributed by atoms with Gasteiger partial charge in [0.1, 0.15) is 0 Å². The zero-order valence-electron chi connectivity index (χ0n) is 14.9. The minimum absolute atomic E-state index is 0.0695. The predicted octanol–water partition coefficient (Wildman–Crippen LogP) is 1.10. The van der Waals surface area contributed by atoms with E-state index in [-0.39, 0.29) is 29.6 Å². The smallest absolute Gasteiger partial charge is 0.228 e. The first-order chi connectivity index (χ1) is 11.5. The first-order valence-electron chi connectivity index (χ1n) is 9.26. The number of rotatable bonds is 3. The second kappa shape index (κ2) is 7.11. The summed E-state index contributed by atoms with van der Waals surface area (Å²) in [5, 5.41) is 0. The van der Waals surface area contributed by atoms with Gasteiger partial charge < -0.3 is 14.7 Å². The molecule has 2 heterocycles. The van der Waals surface area contributed by atoms with Crippen LogP contribution < -0.4 is 0 Å². The van der Waals surface area contributed by atoms with Crippen molar-refractivity contribution < 1.29 is 14.4 Å². The predicted molar refractivity (Wildman–Crippen MR) is 90.1 cm³/mol. The average Bonchev–Trinajstić information content (AvgIpc) is 3.22. The van der Waals surface area contributed by atoms with Crippen molar-refractivity contribution in [3.8, 4) is 0 Å². The van der Waals surface area contributed by atoms with Crippen LogP contribution in [0, 0.1) is 11.8 Å². The summed E-state index contributed by atoms with van der Waals surface area (Å²) in [5.74, 6) is -0.00657. The average molecular weight is 335 g/mol. The van der Waals surface area contributed by atoms with Crippen molar-refractivity contribution in [3.05, 3.63) is 0 Å². The number of amides is 3. The molecule has 0 N–H and O–H groups in total. The maximum Gasteiger partial charge on any atom is 0.228 e. The van der Waals surface area contributed by atoms with Crippen LogP contribution in [-0.2, 0) is 14.4 Å². The van der Waals surface area contributed by atoms with Gasteiger partial charge in [-0.05, 0) is 25.7 Å². The zero-order valence-corrected chi connectivity index (χ0v) is 14.9. The first kappa shape index (κ1) is 17.2. The molecule has 2 saturated heterocycles. The van der Waals surface area contributed by atoms with Gasteiger partial charge in [0.05, 0.1) is 11.8 Å². The second-order valence-electron chi connectivity index (χ2n) is 7.74. The molecule has 3 rings (SSSR count). The summed E-state index contributed by atoms with van der Waals surface area (Å²) in [4.78, 5) is 42.8. The van der Waals surface area contributed by atoms with E-state index in [1.54, 1.807) is 19.0 Å². The molecule has 0 bridgehead atoms. The number of hydrogen-bond acceptors (Lipinski definition) is 3. The third kappa shape index (κ3) is 3.42. The molecule has 6 nitrogen and oxygen atoms in total. The van der Waals surface area contributed by atoms with E-state index in [0.717, 1.165) is 25.7 Å². The molecule has 3 amide bonds. The Morgan fingerprint density at radius 2 is 1.71 bits per heavy atom. The second-order valence-corrected chi connectivity index (χ2v) is 7.74. The quantitative estimate of drug-likeness (QED) is 0.776. The minimum Gasteiger partial charge on any atom is -0.349 e. The molecule has 1 aliphatic carbocycles. The lowest BCUT2D eigenvalue weighted by molar-refractivity contribution is -0.141. The lowest BCUT2D eigenvalue weighted by Gasteiger charge is -2.34. The van der Waals surface area contributed by atoms with Gasteiger partial charge in [-0.3, -0.25) is 14.4 Å². The van der Waals surface area contributed by atoms with Gasteiger partial charge in [-0.2, -0.15) is 0 Å². The SMILES string of the molecule is CN(C)C(=O)C1CCCN(C(=O)C2CC(=O)N(C3CCCC3)C2)C1. The first-order valence-corrected chi connectivity index (χ1v) is 9.26. The standard InChI is InChI=1S/C18H29N3O3/c1-19(2)17(23)13-6-5-9-20(11-13)18(24)14-10-16(22)21(12-14)15-7-3-4-8-15/h13-15H,3-12H2,1-2H3. The molecular weight excluding hydrogens is 306 g/mol. The Hall–Kier alpha value is -1.59. The maximum absolute atomic E-state index is 12.9. The third-order valence-electron chi connectivity index (χ3n) is 5.80. The highest BCUT2D eigenvalue weighted by atomic mass is 16.2. The molecule has 2 aliphatic heterocycles. The van der Waals surface area contributed by atoms with Crippen LogP contribution in [0.2, 0.25) is 0 Å². The molecule has 3 aliphatic rings. The maximum atomic E-state index is 12.9. The van der Waals surface area contributed by atoms with Crippen molar-refractivity contribution in [2.24, 2.45) is 11.8 Å². The van der Waals surface area contributed by atoms with Gasteiger partial charge >= 0.3 is 0 Å². The van der Waals surface area contributed by atoms with Crippen molar-refractivity contribution in [2.45, 2.75) is 51.0 Å². The van der Waals surface area contributed by atoms with Gasteiger partial charge in [0.25, 0.3) is 0 Å². The number of carbonyl (C=O) groups excluding carboxylic acids is 3. The fourth-order valence-corrected chi connectivity index (χ4v) is 4.47. The van der Waals surface area contributed by atoms with E-state index in [1.165, 1.54) is 12.8 Å². The number of piperidine rings is 1. The Balaban J connectivity index is 1.60. The highest BCUT2D eigenvalue weighted by Crippen LogP contribution is 2.31. The van der Waals surface area contributed by atoms with Crippen molar-refractivity contribution in [2.75, 3.05) is 33.7 Å². The summed E-state index contributed by atoms with van der Waals surface area (Å²) in [6.07, 6.45) is 6.59. The Kier molecular flexibility index (Phi) is 5.11. The van der Waals surface area contributed by atoms with Crippen molar-refractivity contribution in [1.29, 1.82) is 0 Å².